The molecule has 0 fully saturated rings. The van der Waals surface area contributed by atoms with Crippen LogP contribution in [0, 0.1) is 18.3 Å². The predicted molar refractivity (Wildman–Crippen MR) is 102 cm³/mol. The summed E-state index contributed by atoms with van der Waals surface area (Å²) in [6.07, 6.45) is 1.60. The van der Waals surface area contributed by atoms with E-state index in [1.165, 1.54) is 0 Å². The fraction of sp³-hybridized carbons (Fsp3) is 0.105. The highest BCUT2D eigenvalue weighted by molar-refractivity contribution is 7.20. The van der Waals surface area contributed by atoms with Crippen LogP contribution in [-0.4, -0.2) is 9.55 Å². The van der Waals surface area contributed by atoms with Gasteiger partial charge in [0, 0.05) is 15.3 Å². The van der Waals surface area contributed by atoms with Gasteiger partial charge in [0.1, 0.15) is 4.83 Å². The fourth-order valence-corrected chi connectivity index (χ4v) is 4.80. The standard InChI is InChI=1S/C19H13N3OS2/c1-12-16(15-6-3-7-24-15)17-18(25-12)21-11-22(19(17)23)10-14-5-2-4-13(8-14)9-20/h2-8,11H,10H2,1H3. The molecule has 0 saturated heterocycles. The zero-order chi connectivity index (χ0) is 17.4. The van der Waals surface area contributed by atoms with Crippen molar-refractivity contribution in [2.24, 2.45) is 0 Å². The minimum absolute atomic E-state index is 0.0416. The van der Waals surface area contributed by atoms with Crippen LogP contribution in [0.2, 0.25) is 0 Å². The Labute approximate surface area is 152 Å². The average Bonchev–Trinajstić information content (AvgIpc) is 3.25. The summed E-state index contributed by atoms with van der Waals surface area (Å²) >= 11 is 3.18. The number of aromatic nitrogens is 2. The van der Waals surface area contributed by atoms with Crippen molar-refractivity contribution in [2.75, 3.05) is 0 Å². The normalized spacial score (nSPS) is 10.9. The van der Waals surface area contributed by atoms with Gasteiger partial charge in [-0.15, -0.1) is 22.7 Å². The Kier molecular flexibility index (Phi) is 3.96. The quantitative estimate of drug-likeness (QED) is 0.541. The summed E-state index contributed by atoms with van der Waals surface area (Å²) in [5, 5.41) is 11.7. The van der Waals surface area contributed by atoms with E-state index in [9.17, 15) is 4.79 Å². The molecule has 0 aliphatic carbocycles. The maximum Gasteiger partial charge on any atom is 0.263 e. The Balaban J connectivity index is 1.87. The molecule has 0 N–H and O–H groups in total. The molecule has 0 amide bonds. The molecular weight excluding hydrogens is 350 g/mol. The number of nitrogens with zero attached hydrogens (tertiary/aromatic N) is 3. The molecule has 4 nitrogen and oxygen atoms in total. The highest BCUT2D eigenvalue weighted by Crippen LogP contribution is 2.37. The number of fused-ring (bicyclic) bond motifs is 1. The Morgan fingerprint density at radius 3 is 2.92 bits per heavy atom. The van der Waals surface area contributed by atoms with Gasteiger partial charge in [0.05, 0.1) is 29.9 Å². The number of nitriles is 1. The van der Waals surface area contributed by atoms with Crippen molar-refractivity contribution in [3.8, 4) is 16.5 Å². The first-order valence-electron chi connectivity index (χ1n) is 7.69. The maximum absolute atomic E-state index is 13.1. The van der Waals surface area contributed by atoms with E-state index >= 15 is 0 Å². The summed E-state index contributed by atoms with van der Waals surface area (Å²) in [6, 6.07) is 13.5. The van der Waals surface area contributed by atoms with Crippen LogP contribution in [0.4, 0.5) is 0 Å². The number of hydrogen-bond acceptors (Lipinski definition) is 5. The van der Waals surface area contributed by atoms with Crippen molar-refractivity contribution >= 4 is 32.9 Å². The van der Waals surface area contributed by atoms with Crippen LogP contribution in [0.5, 0.6) is 0 Å². The summed E-state index contributed by atoms with van der Waals surface area (Å²) in [4.78, 5) is 20.5. The summed E-state index contributed by atoms with van der Waals surface area (Å²) in [7, 11) is 0. The molecule has 4 rings (SSSR count). The van der Waals surface area contributed by atoms with Gasteiger partial charge in [-0.2, -0.15) is 5.26 Å². The monoisotopic (exact) mass is 363 g/mol. The van der Waals surface area contributed by atoms with Gasteiger partial charge in [-0.1, -0.05) is 18.2 Å². The molecule has 25 heavy (non-hydrogen) atoms. The van der Waals surface area contributed by atoms with E-state index in [1.54, 1.807) is 45.7 Å². The van der Waals surface area contributed by atoms with Crippen molar-refractivity contribution in [3.05, 3.63) is 74.5 Å². The number of aryl methyl sites for hydroxylation is 1. The Morgan fingerprint density at radius 1 is 1.28 bits per heavy atom. The van der Waals surface area contributed by atoms with Crippen molar-refractivity contribution < 1.29 is 0 Å². The molecule has 1 aromatic carbocycles. The third-order valence-electron chi connectivity index (χ3n) is 4.03. The van der Waals surface area contributed by atoms with Crippen molar-refractivity contribution in [3.63, 3.8) is 0 Å². The summed E-state index contributed by atoms with van der Waals surface area (Å²) < 4.78 is 1.61. The molecule has 0 saturated carbocycles. The second-order valence-corrected chi connectivity index (χ2v) is 7.83. The van der Waals surface area contributed by atoms with E-state index in [-0.39, 0.29) is 5.56 Å². The van der Waals surface area contributed by atoms with E-state index in [4.69, 9.17) is 5.26 Å². The van der Waals surface area contributed by atoms with E-state index in [1.807, 2.05) is 36.6 Å². The van der Waals surface area contributed by atoms with E-state index in [0.717, 1.165) is 25.7 Å². The molecule has 6 heteroatoms. The molecule has 0 unspecified atom stereocenters. The summed E-state index contributed by atoms with van der Waals surface area (Å²) in [5.41, 5.74) is 2.45. The smallest absolute Gasteiger partial charge is 0.263 e. The van der Waals surface area contributed by atoms with Crippen LogP contribution < -0.4 is 5.56 Å². The van der Waals surface area contributed by atoms with Crippen LogP contribution in [0.3, 0.4) is 0 Å². The molecule has 0 spiro atoms. The van der Waals surface area contributed by atoms with Gasteiger partial charge >= 0.3 is 0 Å². The van der Waals surface area contributed by atoms with Gasteiger partial charge in [0.25, 0.3) is 5.56 Å². The summed E-state index contributed by atoms with van der Waals surface area (Å²) in [6.45, 7) is 2.43. The van der Waals surface area contributed by atoms with Gasteiger partial charge < -0.3 is 0 Å². The topological polar surface area (TPSA) is 58.7 Å². The van der Waals surface area contributed by atoms with Crippen LogP contribution >= 0.6 is 22.7 Å². The lowest BCUT2D eigenvalue weighted by Crippen LogP contribution is -2.21. The first kappa shape index (κ1) is 15.8. The highest BCUT2D eigenvalue weighted by Gasteiger charge is 2.17. The van der Waals surface area contributed by atoms with E-state index < -0.39 is 0 Å². The SMILES string of the molecule is Cc1sc2ncn(Cc3cccc(C#N)c3)c(=O)c2c1-c1cccs1. The Bertz CT molecular complexity index is 1160. The summed E-state index contributed by atoms with van der Waals surface area (Å²) in [5.74, 6) is 0. The largest absolute Gasteiger partial charge is 0.294 e. The molecule has 0 bridgehead atoms. The Morgan fingerprint density at radius 2 is 2.16 bits per heavy atom. The van der Waals surface area contributed by atoms with E-state index in [2.05, 4.69) is 11.1 Å². The fourth-order valence-electron chi connectivity index (χ4n) is 2.90. The zero-order valence-corrected chi connectivity index (χ0v) is 15.0. The van der Waals surface area contributed by atoms with Gasteiger partial charge in [0.15, 0.2) is 0 Å². The van der Waals surface area contributed by atoms with Gasteiger partial charge in [-0.05, 0) is 36.1 Å². The molecule has 122 valence electrons. The van der Waals surface area contributed by atoms with E-state index in [0.29, 0.717) is 17.5 Å². The number of hydrogen-bond donors (Lipinski definition) is 0. The maximum atomic E-state index is 13.1. The minimum Gasteiger partial charge on any atom is -0.294 e. The lowest BCUT2D eigenvalue weighted by molar-refractivity contribution is 0.749. The molecule has 0 radical (unpaired) electrons. The molecule has 4 aromatic rings. The van der Waals surface area contributed by atoms with Crippen LogP contribution in [-0.2, 0) is 6.54 Å². The molecule has 0 aliphatic rings. The number of rotatable bonds is 3. The first-order valence-corrected chi connectivity index (χ1v) is 9.38. The Hall–Kier alpha value is -2.75. The third kappa shape index (κ3) is 2.78. The molecule has 3 heterocycles. The predicted octanol–water partition coefficient (Wildman–Crippen LogP) is 4.41. The van der Waals surface area contributed by atoms with Crippen molar-refractivity contribution in [1.82, 2.24) is 9.55 Å². The molecule has 0 atom stereocenters. The average molecular weight is 363 g/mol. The van der Waals surface area contributed by atoms with Crippen LogP contribution in [0.25, 0.3) is 20.7 Å². The lowest BCUT2D eigenvalue weighted by atomic mass is 10.1. The van der Waals surface area contributed by atoms with Crippen LogP contribution in [0.1, 0.15) is 16.0 Å². The number of thiophene rings is 2. The molecular formula is C19H13N3OS2. The second-order valence-electron chi connectivity index (χ2n) is 5.68. The third-order valence-corrected chi connectivity index (χ3v) is 5.93. The number of benzene rings is 1. The zero-order valence-electron chi connectivity index (χ0n) is 13.4. The van der Waals surface area contributed by atoms with Crippen LogP contribution in [0.15, 0.2) is 52.9 Å². The van der Waals surface area contributed by atoms with Gasteiger partial charge in [-0.25, -0.2) is 4.98 Å². The minimum atomic E-state index is -0.0416. The highest BCUT2D eigenvalue weighted by atomic mass is 32.1. The lowest BCUT2D eigenvalue weighted by Gasteiger charge is -2.06. The van der Waals surface area contributed by atoms with Crippen molar-refractivity contribution in [2.45, 2.75) is 13.5 Å². The van der Waals surface area contributed by atoms with Gasteiger partial charge in [0.2, 0.25) is 0 Å². The molecule has 0 aliphatic heterocycles. The second kappa shape index (κ2) is 6.28. The first-order chi connectivity index (χ1) is 12.2. The van der Waals surface area contributed by atoms with Gasteiger partial charge in [-0.3, -0.25) is 9.36 Å². The molecule has 3 aromatic heterocycles. The van der Waals surface area contributed by atoms with Crippen molar-refractivity contribution in [1.29, 1.82) is 5.26 Å².